The van der Waals surface area contributed by atoms with Crippen molar-refractivity contribution >= 4 is 17.5 Å². The summed E-state index contributed by atoms with van der Waals surface area (Å²) in [6.45, 7) is 0.151. The maximum absolute atomic E-state index is 13.6. The van der Waals surface area contributed by atoms with E-state index in [1.807, 2.05) is 78.9 Å². The van der Waals surface area contributed by atoms with Crippen molar-refractivity contribution in [2.75, 3.05) is 10.4 Å². The third-order valence-corrected chi connectivity index (χ3v) is 7.14. The fraction of sp³-hybridized carbons (Fsp3) is 0.233. The summed E-state index contributed by atoms with van der Waals surface area (Å²) in [4.78, 5) is 13.6. The van der Waals surface area contributed by atoms with Crippen LogP contribution in [-0.2, 0) is 11.3 Å². The summed E-state index contributed by atoms with van der Waals surface area (Å²) in [6, 6.07) is 26.0. The van der Waals surface area contributed by atoms with Crippen LogP contribution < -0.4 is 10.4 Å². The van der Waals surface area contributed by atoms with Crippen LogP contribution in [0.15, 0.2) is 91.5 Å². The SMILES string of the molecule is O=C(OCc1ccccc1)N(Nc1cccc(-c2nncn2C2CC2)c1)c1cccc(-c2nncn2C2CC2)c1. The minimum absolute atomic E-state index is 0.151. The molecule has 0 bridgehead atoms. The van der Waals surface area contributed by atoms with Crippen LogP contribution in [0, 0.1) is 0 Å². The summed E-state index contributed by atoms with van der Waals surface area (Å²) >= 11 is 0. The van der Waals surface area contributed by atoms with E-state index < -0.39 is 6.09 Å². The topological polar surface area (TPSA) is 103 Å². The number of nitrogens with zero attached hydrogens (tertiary/aromatic N) is 7. The Kier molecular flexibility index (Phi) is 6.19. The minimum atomic E-state index is -0.531. The van der Waals surface area contributed by atoms with Crippen LogP contribution in [-0.4, -0.2) is 35.6 Å². The first kappa shape index (κ1) is 24.1. The van der Waals surface area contributed by atoms with E-state index in [-0.39, 0.29) is 6.61 Å². The van der Waals surface area contributed by atoms with Gasteiger partial charge in [0.2, 0.25) is 0 Å². The van der Waals surface area contributed by atoms with Gasteiger partial charge >= 0.3 is 6.09 Å². The van der Waals surface area contributed by atoms with Crippen LogP contribution in [0.2, 0.25) is 0 Å². The number of ether oxygens (including phenoxy) is 1. The molecular formula is C30H28N8O2. The molecule has 0 saturated heterocycles. The van der Waals surface area contributed by atoms with E-state index >= 15 is 0 Å². The zero-order valence-corrected chi connectivity index (χ0v) is 21.8. The van der Waals surface area contributed by atoms with Crippen molar-refractivity contribution in [3.8, 4) is 22.8 Å². The molecule has 2 aliphatic rings. The van der Waals surface area contributed by atoms with Crippen molar-refractivity contribution in [2.24, 2.45) is 0 Å². The molecule has 0 radical (unpaired) electrons. The maximum atomic E-state index is 13.6. The molecule has 2 aliphatic carbocycles. The standard InChI is InChI=1S/C30H28N8O2/c39-30(40-18-21-6-2-1-3-7-21)38(27-11-5-9-23(17-27)29-34-32-20-37(29)26-14-15-26)35-24-10-4-8-22(16-24)28-33-31-19-36(28)25-12-13-25/h1-11,16-17,19-20,25-26,35H,12-15,18H2. The molecule has 0 atom stereocenters. The van der Waals surface area contributed by atoms with Crippen LogP contribution in [0.25, 0.3) is 22.8 Å². The molecule has 200 valence electrons. The average molecular weight is 533 g/mol. The van der Waals surface area contributed by atoms with Crippen LogP contribution in [0.5, 0.6) is 0 Å². The molecule has 2 fully saturated rings. The highest BCUT2D eigenvalue weighted by Gasteiger charge is 2.28. The summed E-state index contributed by atoms with van der Waals surface area (Å²) in [5, 5.41) is 18.4. The first-order valence-electron chi connectivity index (χ1n) is 13.5. The van der Waals surface area contributed by atoms with Gasteiger partial charge in [0.25, 0.3) is 0 Å². The molecule has 0 spiro atoms. The lowest BCUT2D eigenvalue weighted by molar-refractivity contribution is 0.148. The third-order valence-electron chi connectivity index (χ3n) is 7.14. The number of hydrogen-bond acceptors (Lipinski definition) is 7. The fourth-order valence-electron chi connectivity index (χ4n) is 4.78. The molecule has 10 heteroatoms. The first-order chi connectivity index (χ1) is 19.7. The number of aromatic nitrogens is 6. The molecule has 2 heterocycles. The Labute approximate surface area is 231 Å². The normalized spacial score (nSPS) is 14.6. The molecular weight excluding hydrogens is 504 g/mol. The van der Waals surface area contributed by atoms with Crippen molar-refractivity contribution in [1.29, 1.82) is 0 Å². The van der Waals surface area contributed by atoms with Gasteiger partial charge in [-0.15, -0.1) is 20.4 Å². The average Bonchev–Trinajstić information content (AvgIpc) is 3.93. The Morgan fingerprint density at radius 1 is 0.800 bits per heavy atom. The van der Waals surface area contributed by atoms with Gasteiger partial charge in [-0.05, 0) is 55.5 Å². The van der Waals surface area contributed by atoms with Crippen molar-refractivity contribution in [2.45, 2.75) is 44.4 Å². The first-order valence-corrected chi connectivity index (χ1v) is 13.5. The minimum Gasteiger partial charge on any atom is -0.443 e. The Morgan fingerprint density at radius 3 is 2.08 bits per heavy atom. The van der Waals surface area contributed by atoms with Crippen LogP contribution in [0.4, 0.5) is 16.2 Å². The van der Waals surface area contributed by atoms with Crippen molar-refractivity contribution in [3.05, 3.63) is 97.1 Å². The smallest absolute Gasteiger partial charge is 0.433 e. The van der Waals surface area contributed by atoms with Crippen LogP contribution in [0.1, 0.15) is 43.3 Å². The molecule has 7 rings (SSSR count). The molecule has 0 aliphatic heterocycles. The highest BCUT2D eigenvalue weighted by Crippen LogP contribution is 2.39. The lowest BCUT2D eigenvalue weighted by Crippen LogP contribution is -2.36. The van der Waals surface area contributed by atoms with Crippen molar-refractivity contribution in [1.82, 2.24) is 29.5 Å². The Balaban J connectivity index is 1.20. The second kappa shape index (κ2) is 10.3. The van der Waals surface area contributed by atoms with E-state index in [4.69, 9.17) is 4.74 Å². The molecule has 3 aromatic carbocycles. The summed E-state index contributed by atoms with van der Waals surface area (Å²) in [7, 11) is 0. The fourth-order valence-corrected chi connectivity index (χ4v) is 4.78. The highest BCUT2D eigenvalue weighted by atomic mass is 16.6. The van der Waals surface area contributed by atoms with Crippen LogP contribution >= 0.6 is 0 Å². The van der Waals surface area contributed by atoms with E-state index in [1.165, 1.54) is 5.01 Å². The molecule has 10 nitrogen and oxygen atoms in total. The molecule has 2 aromatic heterocycles. The van der Waals surface area contributed by atoms with Gasteiger partial charge in [0.1, 0.15) is 19.3 Å². The number of amides is 1. The summed E-state index contributed by atoms with van der Waals surface area (Å²) in [6.07, 6.45) is 7.53. The van der Waals surface area contributed by atoms with Crippen molar-refractivity contribution in [3.63, 3.8) is 0 Å². The predicted molar refractivity (Wildman–Crippen MR) is 150 cm³/mol. The molecule has 5 aromatic rings. The predicted octanol–water partition coefficient (Wildman–Crippen LogP) is 6.04. The molecule has 1 N–H and O–H groups in total. The zero-order valence-electron chi connectivity index (χ0n) is 21.8. The second-order valence-corrected chi connectivity index (χ2v) is 10.2. The van der Waals surface area contributed by atoms with E-state index in [0.717, 1.165) is 54.0 Å². The second-order valence-electron chi connectivity index (χ2n) is 10.2. The summed E-state index contributed by atoms with van der Waals surface area (Å²) in [5.74, 6) is 1.59. The van der Waals surface area contributed by atoms with Crippen LogP contribution in [0.3, 0.4) is 0 Å². The summed E-state index contributed by atoms with van der Waals surface area (Å²) < 4.78 is 9.96. The number of hydrazine groups is 1. The number of hydrogen-bond donors (Lipinski definition) is 1. The van der Waals surface area contributed by atoms with Gasteiger partial charge in [0.05, 0.1) is 11.4 Å². The molecule has 0 unspecified atom stereocenters. The Hall–Kier alpha value is -4.99. The van der Waals surface area contributed by atoms with E-state index in [9.17, 15) is 4.79 Å². The number of carbonyl (C=O) groups is 1. The van der Waals surface area contributed by atoms with E-state index in [1.54, 1.807) is 12.7 Å². The summed E-state index contributed by atoms with van der Waals surface area (Å²) in [5.41, 5.74) is 7.30. The molecule has 2 saturated carbocycles. The number of carbonyl (C=O) groups excluding carboxylic acids is 1. The van der Waals surface area contributed by atoms with Gasteiger partial charge in [-0.1, -0.05) is 54.6 Å². The van der Waals surface area contributed by atoms with Gasteiger partial charge in [-0.2, -0.15) is 5.01 Å². The molecule has 1 amide bonds. The Morgan fingerprint density at radius 2 is 1.43 bits per heavy atom. The van der Waals surface area contributed by atoms with Crippen molar-refractivity contribution < 1.29 is 9.53 Å². The zero-order chi connectivity index (χ0) is 26.9. The number of rotatable bonds is 9. The number of anilines is 2. The van der Waals surface area contributed by atoms with Gasteiger partial charge in [-0.3, -0.25) is 5.43 Å². The number of benzene rings is 3. The lowest BCUT2D eigenvalue weighted by Gasteiger charge is -2.24. The quantitative estimate of drug-likeness (QED) is 0.231. The monoisotopic (exact) mass is 532 g/mol. The van der Waals surface area contributed by atoms with Gasteiger partial charge < -0.3 is 13.9 Å². The Bertz CT molecular complexity index is 1640. The highest BCUT2D eigenvalue weighted by molar-refractivity contribution is 5.91. The third kappa shape index (κ3) is 5.03. The van der Waals surface area contributed by atoms with E-state index in [0.29, 0.717) is 23.5 Å². The molecule has 40 heavy (non-hydrogen) atoms. The largest absolute Gasteiger partial charge is 0.443 e. The van der Waals surface area contributed by atoms with E-state index in [2.05, 4.69) is 35.0 Å². The van der Waals surface area contributed by atoms with Gasteiger partial charge in [-0.25, -0.2) is 4.79 Å². The van der Waals surface area contributed by atoms with Gasteiger partial charge in [0.15, 0.2) is 11.6 Å². The maximum Gasteiger partial charge on any atom is 0.433 e. The number of nitrogens with one attached hydrogen (secondary N) is 1. The van der Waals surface area contributed by atoms with Gasteiger partial charge in [0, 0.05) is 23.2 Å². The lowest BCUT2D eigenvalue weighted by atomic mass is 10.1.